The maximum Gasteiger partial charge on any atom is 0.259 e. The quantitative estimate of drug-likeness (QED) is 0.859. The van der Waals surface area contributed by atoms with E-state index in [1.165, 1.54) is 11.9 Å². The first-order valence-corrected chi connectivity index (χ1v) is 7.70. The van der Waals surface area contributed by atoms with E-state index in [9.17, 15) is 13.6 Å². The molecular weight excluding hydrogens is 328 g/mol. The average molecular weight is 343 g/mol. The highest BCUT2D eigenvalue weighted by Crippen LogP contribution is 2.33. The summed E-state index contributed by atoms with van der Waals surface area (Å²) in [5.41, 5.74) is -0.0459. The third kappa shape index (κ3) is 3.21. The summed E-state index contributed by atoms with van der Waals surface area (Å²) < 4.78 is 34.0. The van der Waals surface area contributed by atoms with Gasteiger partial charge in [-0.15, -0.1) is 0 Å². The summed E-state index contributed by atoms with van der Waals surface area (Å²) in [7, 11) is 1.49. The number of rotatable bonds is 3. The number of hydrogen-bond donors (Lipinski definition) is 0. The van der Waals surface area contributed by atoms with Gasteiger partial charge in [-0.1, -0.05) is 6.07 Å². The normalized spacial score (nSPS) is 19.4. The molecule has 3 rings (SSSR count). The van der Waals surface area contributed by atoms with Crippen molar-refractivity contribution in [2.45, 2.75) is 18.6 Å². The van der Waals surface area contributed by atoms with Crippen molar-refractivity contribution < 1.29 is 18.3 Å². The Balaban J connectivity index is 1.89. The van der Waals surface area contributed by atoms with Crippen LogP contribution in [-0.2, 0) is 4.74 Å². The number of ether oxygens (including phenoxy) is 1. The van der Waals surface area contributed by atoms with Crippen LogP contribution < -0.4 is 0 Å². The molecule has 25 heavy (non-hydrogen) atoms. The summed E-state index contributed by atoms with van der Waals surface area (Å²) in [4.78, 5) is 18.0. The molecule has 0 saturated carbocycles. The highest BCUT2D eigenvalue weighted by molar-refractivity contribution is 5.95. The van der Waals surface area contributed by atoms with Crippen molar-refractivity contribution in [2.75, 3.05) is 13.7 Å². The molecule has 0 aliphatic carbocycles. The van der Waals surface area contributed by atoms with Crippen molar-refractivity contribution >= 4 is 5.91 Å². The van der Waals surface area contributed by atoms with Crippen LogP contribution in [-0.4, -0.2) is 35.5 Å². The smallest absolute Gasteiger partial charge is 0.259 e. The lowest BCUT2D eigenvalue weighted by atomic mass is 10.0. The second kappa shape index (κ2) is 6.95. The van der Waals surface area contributed by atoms with Crippen molar-refractivity contribution in [3.63, 3.8) is 0 Å². The minimum atomic E-state index is -1.05. The molecule has 1 aliphatic rings. The maximum absolute atomic E-state index is 14.1. The van der Waals surface area contributed by atoms with Crippen LogP contribution in [0.1, 0.15) is 34.0 Å². The van der Waals surface area contributed by atoms with Gasteiger partial charge in [0.25, 0.3) is 5.91 Å². The predicted molar refractivity (Wildman–Crippen MR) is 84.5 cm³/mol. The van der Waals surface area contributed by atoms with Crippen LogP contribution in [0.5, 0.6) is 0 Å². The van der Waals surface area contributed by atoms with Crippen LogP contribution in [0.25, 0.3) is 0 Å². The van der Waals surface area contributed by atoms with Crippen LogP contribution in [0.4, 0.5) is 8.78 Å². The zero-order valence-corrected chi connectivity index (χ0v) is 13.4. The lowest BCUT2D eigenvalue weighted by Crippen LogP contribution is -2.39. The number of benzene rings is 1. The van der Waals surface area contributed by atoms with Crippen LogP contribution >= 0.6 is 0 Å². The topological polar surface area (TPSA) is 66.2 Å². The van der Waals surface area contributed by atoms with Gasteiger partial charge in [0.1, 0.15) is 23.3 Å². The highest BCUT2D eigenvalue weighted by Gasteiger charge is 2.36. The molecule has 128 valence electrons. The van der Waals surface area contributed by atoms with Gasteiger partial charge < -0.3 is 9.64 Å². The van der Waals surface area contributed by atoms with Gasteiger partial charge in [-0.3, -0.25) is 9.78 Å². The summed E-state index contributed by atoms with van der Waals surface area (Å²) in [5.74, 6) is -2.89. The Morgan fingerprint density at radius 1 is 1.40 bits per heavy atom. The van der Waals surface area contributed by atoms with Gasteiger partial charge in [0.15, 0.2) is 0 Å². The SMILES string of the molecule is CN(C(=O)c1c(F)cc(C#N)cc1F)[C@H]1CCO[C@@H]1c1cccnc1. The number of halogens is 2. The number of likely N-dealkylation sites (N-methyl/N-ethyl adjacent to an activating group) is 1. The van der Waals surface area contributed by atoms with Crippen LogP contribution in [0, 0.1) is 23.0 Å². The Hall–Kier alpha value is -2.85. The van der Waals surface area contributed by atoms with Gasteiger partial charge in [0.05, 0.1) is 17.7 Å². The Morgan fingerprint density at radius 2 is 2.12 bits per heavy atom. The van der Waals surface area contributed by atoms with Crippen LogP contribution in [0.3, 0.4) is 0 Å². The highest BCUT2D eigenvalue weighted by atomic mass is 19.1. The van der Waals surface area contributed by atoms with Gasteiger partial charge in [0.2, 0.25) is 0 Å². The Labute approximate surface area is 143 Å². The summed E-state index contributed by atoms with van der Waals surface area (Å²) in [5, 5.41) is 8.76. The minimum absolute atomic E-state index is 0.174. The molecule has 1 fully saturated rings. The van der Waals surface area contributed by atoms with E-state index in [2.05, 4.69) is 4.98 Å². The molecule has 1 amide bonds. The van der Waals surface area contributed by atoms with E-state index in [1.807, 2.05) is 6.07 Å². The number of carbonyl (C=O) groups is 1. The van der Waals surface area contributed by atoms with Gasteiger partial charge >= 0.3 is 0 Å². The first kappa shape index (κ1) is 17.0. The van der Waals surface area contributed by atoms with Crippen molar-refractivity contribution in [1.29, 1.82) is 5.26 Å². The van der Waals surface area contributed by atoms with Crippen molar-refractivity contribution in [3.8, 4) is 6.07 Å². The van der Waals surface area contributed by atoms with E-state index in [0.29, 0.717) is 13.0 Å². The molecule has 5 nitrogen and oxygen atoms in total. The number of pyridine rings is 1. The summed E-state index contributed by atoms with van der Waals surface area (Å²) in [6.07, 6.45) is 3.40. The summed E-state index contributed by atoms with van der Waals surface area (Å²) in [6, 6.07) is 6.59. The summed E-state index contributed by atoms with van der Waals surface area (Å²) in [6.45, 7) is 0.431. The molecular formula is C18H15F2N3O2. The number of nitriles is 1. The predicted octanol–water partition coefficient (Wildman–Crippen LogP) is 2.83. The minimum Gasteiger partial charge on any atom is -0.371 e. The molecule has 2 aromatic rings. The number of hydrogen-bond acceptors (Lipinski definition) is 4. The van der Waals surface area contributed by atoms with Gasteiger partial charge in [0, 0.05) is 31.6 Å². The zero-order valence-electron chi connectivity index (χ0n) is 13.4. The Bertz CT molecular complexity index is 813. The van der Waals surface area contributed by atoms with Crippen LogP contribution in [0.15, 0.2) is 36.7 Å². The third-order valence-corrected chi connectivity index (χ3v) is 4.28. The standard InChI is InChI=1S/C18H15F2N3O2/c1-23(15-4-6-25-17(15)12-3-2-5-22-10-12)18(24)16-13(19)7-11(9-21)8-14(16)20/h2-3,5,7-8,10,15,17H,4,6H2,1H3/t15-,17+/m0/s1. The number of carbonyl (C=O) groups excluding carboxylic acids is 1. The number of aromatic nitrogens is 1. The summed E-state index contributed by atoms with van der Waals surface area (Å²) >= 11 is 0. The van der Waals surface area contributed by atoms with E-state index >= 15 is 0 Å². The maximum atomic E-state index is 14.1. The first-order chi connectivity index (χ1) is 12.0. The van der Waals surface area contributed by atoms with Crippen LogP contribution in [0.2, 0.25) is 0 Å². The largest absolute Gasteiger partial charge is 0.371 e. The number of amides is 1. The Morgan fingerprint density at radius 3 is 2.72 bits per heavy atom. The molecule has 0 radical (unpaired) electrons. The molecule has 1 aromatic carbocycles. The molecule has 7 heteroatoms. The fourth-order valence-electron chi connectivity index (χ4n) is 3.01. The Kier molecular flexibility index (Phi) is 4.72. The molecule has 0 spiro atoms. The molecule has 2 atom stereocenters. The van der Waals surface area contributed by atoms with Crippen molar-refractivity contribution in [1.82, 2.24) is 9.88 Å². The first-order valence-electron chi connectivity index (χ1n) is 7.70. The van der Waals surface area contributed by atoms with E-state index in [-0.39, 0.29) is 11.6 Å². The van der Waals surface area contributed by atoms with E-state index in [4.69, 9.17) is 10.00 Å². The third-order valence-electron chi connectivity index (χ3n) is 4.28. The molecule has 0 bridgehead atoms. The van der Waals surface area contributed by atoms with Gasteiger partial charge in [-0.2, -0.15) is 5.26 Å². The fourth-order valence-corrected chi connectivity index (χ4v) is 3.01. The van der Waals surface area contributed by atoms with E-state index < -0.39 is 29.2 Å². The molecule has 0 N–H and O–H groups in total. The fraction of sp³-hybridized carbons (Fsp3) is 0.278. The second-order valence-electron chi connectivity index (χ2n) is 5.78. The van der Waals surface area contributed by atoms with Gasteiger partial charge in [-0.25, -0.2) is 8.78 Å². The second-order valence-corrected chi connectivity index (χ2v) is 5.78. The lowest BCUT2D eigenvalue weighted by Gasteiger charge is -2.29. The van der Waals surface area contributed by atoms with E-state index in [1.54, 1.807) is 24.5 Å². The van der Waals surface area contributed by atoms with Crippen molar-refractivity contribution in [2.24, 2.45) is 0 Å². The number of nitrogens with zero attached hydrogens (tertiary/aromatic N) is 3. The molecule has 0 unspecified atom stereocenters. The van der Waals surface area contributed by atoms with Crippen molar-refractivity contribution in [3.05, 3.63) is 65.0 Å². The zero-order chi connectivity index (χ0) is 18.0. The lowest BCUT2D eigenvalue weighted by molar-refractivity contribution is 0.0508. The molecule has 1 aliphatic heterocycles. The van der Waals surface area contributed by atoms with Gasteiger partial charge in [-0.05, 0) is 24.6 Å². The molecule has 1 saturated heterocycles. The average Bonchev–Trinajstić information content (AvgIpc) is 3.10. The van der Waals surface area contributed by atoms with E-state index in [0.717, 1.165) is 17.7 Å². The molecule has 1 aromatic heterocycles. The monoisotopic (exact) mass is 343 g/mol. The molecule has 2 heterocycles.